The number of carbonyl (C=O) groups excluding carboxylic acids is 3. The van der Waals surface area contributed by atoms with E-state index in [1.54, 1.807) is 24.3 Å². The van der Waals surface area contributed by atoms with E-state index >= 15 is 0 Å². The molecule has 2 heterocycles. The molecule has 1 aliphatic heterocycles. The van der Waals surface area contributed by atoms with Crippen LogP contribution in [0.3, 0.4) is 0 Å². The number of esters is 2. The minimum atomic E-state index is -1.08. The van der Waals surface area contributed by atoms with Crippen LogP contribution in [-0.2, 0) is 20.7 Å². The smallest absolute Gasteiger partial charge is 0.339 e. The van der Waals surface area contributed by atoms with Gasteiger partial charge >= 0.3 is 17.6 Å². The number of imidazole rings is 1. The molecule has 0 saturated heterocycles. The first-order valence-electron chi connectivity index (χ1n) is 11.0. The van der Waals surface area contributed by atoms with Gasteiger partial charge in [0.15, 0.2) is 6.10 Å². The van der Waals surface area contributed by atoms with Crippen molar-refractivity contribution < 1.29 is 23.9 Å². The van der Waals surface area contributed by atoms with Crippen LogP contribution in [0.1, 0.15) is 44.9 Å². The van der Waals surface area contributed by atoms with Crippen LogP contribution in [0.2, 0.25) is 0 Å². The minimum absolute atomic E-state index is 0.233. The summed E-state index contributed by atoms with van der Waals surface area (Å²) in [4.78, 5) is 54.4. The number of amides is 1. The number of nitrogens with one attached hydrogen (secondary N) is 3. The molecule has 176 valence electrons. The molecule has 1 aromatic heterocycles. The number of hydrogen-bond acceptors (Lipinski definition) is 6. The molecule has 0 radical (unpaired) electrons. The Morgan fingerprint density at radius 1 is 1.00 bits per heavy atom. The SMILES string of the molecule is CC(OC(=O)c1ccc2c(c1)CC(c1ccccc1)OC2=O)C(=O)Nc1ccc2[nH]c(=O)[nH]c2c1. The zero-order valence-corrected chi connectivity index (χ0v) is 18.7. The van der Waals surface area contributed by atoms with Crippen molar-refractivity contribution in [3.8, 4) is 0 Å². The van der Waals surface area contributed by atoms with Crippen LogP contribution < -0.4 is 11.0 Å². The molecule has 0 fully saturated rings. The molecule has 3 aromatic carbocycles. The van der Waals surface area contributed by atoms with E-state index in [0.29, 0.717) is 34.3 Å². The van der Waals surface area contributed by atoms with Gasteiger partial charge in [0, 0.05) is 12.1 Å². The van der Waals surface area contributed by atoms with E-state index in [2.05, 4.69) is 15.3 Å². The van der Waals surface area contributed by atoms with Crippen molar-refractivity contribution in [1.82, 2.24) is 9.97 Å². The highest BCUT2D eigenvalue weighted by Gasteiger charge is 2.29. The Hall–Kier alpha value is -4.66. The second kappa shape index (κ2) is 8.94. The molecule has 0 saturated carbocycles. The largest absolute Gasteiger partial charge is 0.454 e. The normalized spacial score (nSPS) is 15.7. The van der Waals surface area contributed by atoms with Gasteiger partial charge in [-0.25, -0.2) is 14.4 Å². The molecule has 2 atom stereocenters. The number of aromatic amines is 2. The Morgan fingerprint density at radius 2 is 1.77 bits per heavy atom. The van der Waals surface area contributed by atoms with Gasteiger partial charge in [0.1, 0.15) is 6.10 Å². The molecule has 35 heavy (non-hydrogen) atoms. The number of hydrogen-bond donors (Lipinski definition) is 3. The van der Waals surface area contributed by atoms with Crippen LogP contribution in [0.5, 0.6) is 0 Å². The van der Waals surface area contributed by atoms with Gasteiger partial charge in [0.05, 0.1) is 22.2 Å². The van der Waals surface area contributed by atoms with Crippen molar-refractivity contribution in [2.75, 3.05) is 5.32 Å². The summed E-state index contributed by atoms with van der Waals surface area (Å²) >= 11 is 0. The van der Waals surface area contributed by atoms with Crippen LogP contribution in [0, 0.1) is 0 Å². The van der Waals surface area contributed by atoms with Gasteiger partial charge in [-0.2, -0.15) is 0 Å². The van der Waals surface area contributed by atoms with Gasteiger partial charge in [-0.1, -0.05) is 30.3 Å². The van der Waals surface area contributed by atoms with Crippen LogP contribution >= 0.6 is 0 Å². The van der Waals surface area contributed by atoms with E-state index in [0.717, 1.165) is 5.56 Å². The number of anilines is 1. The van der Waals surface area contributed by atoms with E-state index < -0.39 is 30.1 Å². The maximum Gasteiger partial charge on any atom is 0.339 e. The van der Waals surface area contributed by atoms with Gasteiger partial charge in [-0.15, -0.1) is 0 Å². The topological polar surface area (TPSA) is 130 Å². The van der Waals surface area contributed by atoms with Crippen LogP contribution in [0.25, 0.3) is 11.0 Å². The fourth-order valence-electron chi connectivity index (χ4n) is 4.01. The summed E-state index contributed by atoms with van der Waals surface area (Å²) in [5, 5.41) is 2.67. The van der Waals surface area contributed by atoms with Crippen molar-refractivity contribution >= 4 is 34.6 Å². The standard InChI is InChI=1S/C26H21N3O6/c1-14(23(30)27-18-8-10-20-21(13-18)29-26(33)28-20)34-24(31)16-7-9-19-17(11-16)12-22(35-25(19)32)15-5-3-2-4-6-15/h2-11,13-14,22H,12H2,1H3,(H,27,30)(H2,28,29,33). The van der Waals surface area contributed by atoms with Crippen LogP contribution in [0.4, 0.5) is 5.69 Å². The highest BCUT2D eigenvalue weighted by Crippen LogP contribution is 2.31. The molecule has 3 N–H and O–H groups in total. The minimum Gasteiger partial charge on any atom is -0.454 e. The number of aromatic nitrogens is 2. The van der Waals surface area contributed by atoms with Crippen LogP contribution in [0.15, 0.2) is 71.5 Å². The predicted molar refractivity (Wildman–Crippen MR) is 127 cm³/mol. The van der Waals surface area contributed by atoms with Gasteiger partial charge in [0.2, 0.25) is 0 Å². The van der Waals surface area contributed by atoms with Gasteiger partial charge < -0.3 is 24.8 Å². The molecule has 1 aliphatic rings. The molecule has 1 amide bonds. The van der Waals surface area contributed by atoms with E-state index in [1.165, 1.54) is 19.1 Å². The zero-order chi connectivity index (χ0) is 24.5. The Labute approximate surface area is 199 Å². The average molecular weight is 471 g/mol. The first kappa shape index (κ1) is 22.1. The van der Waals surface area contributed by atoms with Gasteiger partial charge in [-0.3, -0.25) is 4.79 Å². The maximum absolute atomic E-state index is 12.7. The number of rotatable bonds is 5. The third-order valence-corrected chi connectivity index (χ3v) is 5.82. The predicted octanol–water partition coefficient (Wildman–Crippen LogP) is 3.49. The summed E-state index contributed by atoms with van der Waals surface area (Å²) < 4.78 is 10.9. The highest BCUT2D eigenvalue weighted by atomic mass is 16.6. The first-order chi connectivity index (χ1) is 16.9. The van der Waals surface area contributed by atoms with E-state index in [9.17, 15) is 19.2 Å². The lowest BCUT2D eigenvalue weighted by Crippen LogP contribution is -2.30. The number of benzene rings is 3. The number of H-pyrrole nitrogens is 2. The fourth-order valence-corrected chi connectivity index (χ4v) is 4.01. The average Bonchev–Trinajstić information content (AvgIpc) is 3.23. The molecule has 2 unspecified atom stereocenters. The molecule has 9 heteroatoms. The third-order valence-electron chi connectivity index (χ3n) is 5.82. The summed E-state index contributed by atoms with van der Waals surface area (Å²) in [6.45, 7) is 1.46. The molecular weight excluding hydrogens is 450 g/mol. The summed E-state index contributed by atoms with van der Waals surface area (Å²) in [6, 6.07) is 18.9. The lowest BCUT2D eigenvalue weighted by molar-refractivity contribution is -0.123. The number of fused-ring (bicyclic) bond motifs is 2. The number of carbonyl (C=O) groups is 3. The third kappa shape index (κ3) is 4.56. The van der Waals surface area contributed by atoms with Crippen molar-refractivity contribution in [3.05, 3.63) is 99.5 Å². The Morgan fingerprint density at radius 3 is 2.57 bits per heavy atom. The van der Waals surface area contributed by atoms with Crippen molar-refractivity contribution in [1.29, 1.82) is 0 Å². The van der Waals surface area contributed by atoms with Crippen molar-refractivity contribution in [2.45, 2.75) is 25.6 Å². The number of ether oxygens (including phenoxy) is 2. The first-order valence-corrected chi connectivity index (χ1v) is 11.0. The molecule has 0 aliphatic carbocycles. The molecule has 0 spiro atoms. The Kier molecular flexibility index (Phi) is 5.66. The van der Waals surface area contributed by atoms with Crippen molar-refractivity contribution in [3.63, 3.8) is 0 Å². The lowest BCUT2D eigenvalue weighted by atomic mass is 9.93. The maximum atomic E-state index is 12.7. The van der Waals surface area contributed by atoms with E-state index in [4.69, 9.17) is 9.47 Å². The Balaban J connectivity index is 1.27. The number of cyclic esters (lactones) is 1. The summed E-state index contributed by atoms with van der Waals surface area (Å²) in [5.41, 5.74) is 3.42. The monoisotopic (exact) mass is 471 g/mol. The second-order valence-corrected chi connectivity index (χ2v) is 8.26. The molecular formula is C26H21N3O6. The van der Waals surface area contributed by atoms with Gasteiger partial charge in [0.25, 0.3) is 5.91 Å². The molecule has 4 aromatic rings. The van der Waals surface area contributed by atoms with Crippen LogP contribution in [-0.4, -0.2) is 33.9 Å². The molecule has 5 rings (SSSR count). The summed E-state index contributed by atoms with van der Waals surface area (Å²) in [7, 11) is 0. The zero-order valence-electron chi connectivity index (χ0n) is 18.7. The lowest BCUT2D eigenvalue weighted by Gasteiger charge is -2.25. The molecule has 0 bridgehead atoms. The molecule has 9 nitrogen and oxygen atoms in total. The Bertz CT molecular complexity index is 1500. The van der Waals surface area contributed by atoms with E-state index in [1.807, 2.05) is 30.3 Å². The fraction of sp³-hybridized carbons (Fsp3) is 0.154. The second-order valence-electron chi connectivity index (χ2n) is 8.26. The summed E-state index contributed by atoms with van der Waals surface area (Å²) in [5.74, 6) is -1.66. The van der Waals surface area contributed by atoms with E-state index in [-0.39, 0.29) is 11.3 Å². The quantitative estimate of drug-likeness (QED) is 0.382. The van der Waals surface area contributed by atoms with Gasteiger partial charge in [-0.05, 0) is 54.4 Å². The van der Waals surface area contributed by atoms with Crippen molar-refractivity contribution in [2.24, 2.45) is 0 Å². The summed E-state index contributed by atoms with van der Waals surface area (Å²) in [6.07, 6.45) is -1.10. The highest BCUT2D eigenvalue weighted by molar-refractivity contribution is 5.99.